The molecule has 3 aliphatic rings. The maximum atomic E-state index is 13.7. The van der Waals surface area contributed by atoms with E-state index in [1.807, 2.05) is 0 Å². The van der Waals surface area contributed by atoms with Gasteiger partial charge in [-0.25, -0.2) is 25.3 Å². The van der Waals surface area contributed by atoms with Crippen LogP contribution in [0, 0.1) is 6.92 Å². The van der Waals surface area contributed by atoms with Crippen molar-refractivity contribution in [1.82, 2.24) is 9.62 Å². The molecule has 0 bridgehead atoms. The number of nitrogens with zero attached hydrogens (tertiary/aromatic N) is 1. The van der Waals surface area contributed by atoms with Gasteiger partial charge in [-0.2, -0.15) is 4.31 Å². The van der Waals surface area contributed by atoms with E-state index in [2.05, 4.69) is 5.32 Å². The van der Waals surface area contributed by atoms with Crippen LogP contribution in [0.4, 0.5) is 0 Å². The van der Waals surface area contributed by atoms with Gasteiger partial charge in [0.2, 0.25) is 10.0 Å². The summed E-state index contributed by atoms with van der Waals surface area (Å²) in [5.41, 5.74) is 0.695. The van der Waals surface area contributed by atoms with Gasteiger partial charge in [-0.1, -0.05) is 6.07 Å². The molecular weight excluding hydrogens is 428 g/mol. The number of benzene rings is 1. The van der Waals surface area contributed by atoms with Crippen molar-refractivity contribution < 1.29 is 30.0 Å². The molecule has 3 saturated heterocycles. The molecule has 1 N–H and O–H groups in total. The van der Waals surface area contributed by atoms with Crippen LogP contribution in [-0.2, 0) is 29.7 Å². The number of hydrogen-bond donors (Lipinski definition) is 1. The summed E-state index contributed by atoms with van der Waals surface area (Å²) >= 11 is 0. The van der Waals surface area contributed by atoms with Crippen molar-refractivity contribution in [1.29, 1.82) is 0 Å². The Bertz CT molecular complexity index is 1080. The van der Waals surface area contributed by atoms with Crippen molar-refractivity contribution in [2.75, 3.05) is 30.1 Å². The maximum Gasteiger partial charge on any atom is 0.247 e. The highest BCUT2D eigenvalue weighted by Gasteiger charge is 2.57. The number of ether oxygens (including phenoxy) is 1. The molecule has 0 radical (unpaired) electrons. The molecule has 9 nitrogen and oxygen atoms in total. The van der Waals surface area contributed by atoms with Gasteiger partial charge in [0.05, 0.1) is 42.2 Å². The first kappa shape index (κ1) is 20.1. The number of piperazine rings is 1. The zero-order valence-electron chi connectivity index (χ0n) is 15.4. The molecule has 1 aromatic carbocycles. The van der Waals surface area contributed by atoms with Gasteiger partial charge < -0.3 is 10.1 Å². The standard InChI is InChI=1S/C16H22N2O7S3/c1-10-3-4-15(25-2)16(5-10)28(23,24)18-13-8-26(19,20)6-11(13)17-12-7-27(21,22)9-14(12)18/h3-5,11-14,17H,6-9H2,1-2H3/t11-,12-,13-,14+/m0/s1. The number of aryl methyl sites for hydroxylation is 1. The monoisotopic (exact) mass is 450 g/mol. The van der Waals surface area contributed by atoms with E-state index in [0.717, 1.165) is 4.31 Å². The first-order chi connectivity index (χ1) is 12.9. The topological polar surface area (TPSA) is 127 Å². The lowest BCUT2D eigenvalue weighted by atomic mass is 10.0. The lowest BCUT2D eigenvalue weighted by molar-refractivity contribution is 0.160. The van der Waals surface area contributed by atoms with E-state index in [1.165, 1.54) is 19.2 Å². The fourth-order valence-corrected chi connectivity index (χ4v) is 10.6. The third-order valence-electron chi connectivity index (χ3n) is 5.60. The van der Waals surface area contributed by atoms with Gasteiger partial charge in [0, 0.05) is 12.1 Å². The first-order valence-electron chi connectivity index (χ1n) is 8.79. The number of sulfonamides is 1. The Labute approximate surface area is 164 Å². The van der Waals surface area contributed by atoms with E-state index < -0.39 is 53.9 Å². The molecule has 0 amide bonds. The summed E-state index contributed by atoms with van der Waals surface area (Å²) in [5.74, 6) is -0.947. The SMILES string of the molecule is COc1ccc(C)cc1S(=O)(=O)N1[C@@H]2CS(=O)(=O)C[C@@H]2N[C@H]2CS(=O)(=O)C[C@@H]21. The van der Waals surface area contributed by atoms with Crippen molar-refractivity contribution in [3.05, 3.63) is 23.8 Å². The molecular formula is C16H22N2O7S3. The average Bonchev–Trinajstić information content (AvgIpc) is 3.03. The van der Waals surface area contributed by atoms with Crippen LogP contribution in [0.25, 0.3) is 0 Å². The number of fused-ring (bicyclic) bond motifs is 2. The number of methoxy groups -OCH3 is 1. The molecule has 4 atom stereocenters. The molecule has 3 fully saturated rings. The normalized spacial score (nSPS) is 33.9. The fraction of sp³-hybridized carbons (Fsp3) is 0.625. The molecule has 12 heteroatoms. The first-order valence-corrected chi connectivity index (χ1v) is 13.9. The smallest absolute Gasteiger partial charge is 0.247 e. The van der Waals surface area contributed by atoms with E-state index in [1.54, 1.807) is 13.0 Å². The molecule has 0 saturated carbocycles. The van der Waals surface area contributed by atoms with Crippen LogP contribution in [0.3, 0.4) is 0 Å². The summed E-state index contributed by atoms with van der Waals surface area (Å²) in [5, 5.41) is 3.09. The number of hydrogen-bond acceptors (Lipinski definition) is 8. The minimum Gasteiger partial charge on any atom is -0.495 e. The number of nitrogens with one attached hydrogen (secondary N) is 1. The van der Waals surface area contributed by atoms with Gasteiger partial charge >= 0.3 is 0 Å². The van der Waals surface area contributed by atoms with Crippen LogP contribution in [0.1, 0.15) is 5.56 Å². The zero-order valence-corrected chi connectivity index (χ0v) is 17.8. The van der Waals surface area contributed by atoms with E-state index in [0.29, 0.717) is 5.56 Å². The molecule has 0 aliphatic carbocycles. The van der Waals surface area contributed by atoms with Crippen LogP contribution in [0.5, 0.6) is 5.75 Å². The minimum atomic E-state index is -4.20. The van der Waals surface area contributed by atoms with E-state index in [4.69, 9.17) is 4.74 Å². The quantitative estimate of drug-likeness (QED) is 0.617. The van der Waals surface area contributed by atoms with Crippen molar-refractivity contribution in [2.24, 2.45) is 0 Å². The predicted molar refractivity (Wildman–Crippen MR) is 102 cm³/mol. The Hall–Kier alpha value is -1.21. The zero-order chi connectivity index (χ0) is 20.5. The van der Waals surface area contributed by atoms with Gasteiger partial charge in [-0.05, 0) is 24.6 Å². The summed E-state index contributed by atoms with van der Waals surface area (Å²) in [7, 11) is -9.72. The van der Waals surface area contributed by atoms with Crippen LogP contribution in [-0.4, -0.2) is 83.8 Å². The molecule has 0 unspecified atom stereocenters. The van der Waals surface area contributed by atoms with Gasteiger partial charge in [0.25, 0.3) is 0 Å². The van der Waals surface area contributed by atoms with Crippen molar-refractivity contribution in [3.8, 4) is 5.75 Å². The summed E-state index contributed by atoms with van der Waals surface area (Å²) in [6.45, 7) is 1.74. The van der Waals surface area contributed by atoms with Crippen molar-refractivity contribution >= 4 is 29.7 Å². The number of rotatable bonds is 3. The molecule has 0 aromatic heterocycles. The summed E-state index contributed by atoms with van der Waals surface area (Å²) in [6.07, 6.45) is 0. The predicted octanol–water partition coefficient (Wildman–Crippen LogP) is -1.07. The van der Waals surface area contributed by atoms with Gasteiger partial charge in [-0.15, -0.1) is 0 Å². The lowest BCUT2D eigenvalue weighted by Gasteiger charge is -2.43. The molecule has 156 valence electrons. The Morgan fingerprint density at radius 3 is 2.04 bits per heavy atom. The third kappa shape index (κ3) is 3.24. The van der Waals surface area contributed by atoms with Gasteiger partial charge in [-0.3, -0.25) is 0 Å². The summed E-state index contributed by atoms with van der Waals surface area (Å²) < 4.78 is 82.6. The molecule has 4 rings (SSSR count). The molecule has 1 aromatic rings. The lowest BCUT2D eigenvalue weighted by Crippen LogP contribution is -2.67. The molecule has 28 heavy (non-hydrogen) atoms. The Balaban J connectivity index is 1.88. The second-order valence-corrected chi connectivity index (χ2v) is 13.8. The second-order valence-electron chi connectivity index (χ2n) is 7.66. The maximum absolute atomic E-state index is 13.7. The highest BCUT2D eigenvalue weighted by molar-refractivity contribution is 7.92. The Morgan fingerprint density at radius 1 is 1.00 bits per heavy atom. The van der Waals surface area contributed by atoms with Crippen LogP contribution in [0.15, 0.2) is 23.1 Å². The fourth-order valence-electron chi connectivity index (χ4n) is 4.45. The average molecular weight is 451 g/mol. The molecule has 3 aliphatic heterocycles. The molecule has 0 spiro atoms. The highest BCUT2D eigenvalue weighted by Crippen LogP contribution is 2.38. The van der Waals surface area contributed by atoms with Crippen molar-refractivity contribution in [3.63, 3.8) is 0 Å². The Kier molecular flexibility index (Phi) is 4.58. The largest absolute Gasteiger partial charge is 0.495 e. The van der Waals surface area contributed by atoms with E-state index in [-0.39, 0.29) is 33.7 Å². The summed E-state index contributed by atoms with van der Waals surface area (Å²) in [6, 6.07) is 1.74. The molecule has 3 heterocycles. The third-order valence-corrected chi connectivity index (χ3v) is 11.0. The van der Waals surface area contributed by atoms with Crippen molar-refractivity contribution in [2.45, 2.75) is 36.0 Å². The van der Waals surface area contributed by atoms with Crippen LogP contribution in [0.2, 0.25) is 0 Å². The van der Waals surface area contributed by atoms with E-state index >= 15 is 0 Å². The van der Waals surface area contributed by atoms with Crippen LogP contribution < -0.4 is 10.1 Å². The summed E-state index contributed by atoms with van der Waals surface area (Å²) in [4.78, 5) is -0.0806. The highest BCUT2D eigenvalue weighted by atomic mass is 32.2. The van der Waals surface area contributed by atoms with Gasteiger partial charge in [0.15, 0.2) is 19.7 Å². The van der Waals surface area contributed by atoms with Crippen LogP contribution >= 0.6 is 0 Å². The number of sulfone groups is 2. The minimum absolute atomic E-state index is 0.0806. The second kappa shape index (κ2) is 6.39. The van der Waals surface area contributed by atoms with Gasteiger partial charge in [0.1, 0.15) is 10.6 Å². The van der Waals surface area contributed by atoms with E-state index in [9.17, 15) is 25.3 Å². The Morgan fingerprint density at radius 2 is 1.54 bits per heavy atom.